The first kappa shape index (κ1) is 14.5. The summed E-state index contributed by atoms with van der Waals surface area (Å²) in [6.07, 6.45) is 4.08. The van der Waals surface area contributed by atoms with Gasteiger partial charge in [0.25, 0.3) is 0 Å². The molecule has 1 aliphatic rings. The van der Waals surface area contributed by atoms with E-state index in [0.29, 0.717) is 23.8 Å². The van der Waals surface area contributed by atoms with Crippen LogP contribution in [0.5, 0.6) is 0 Å². The molecule has 1 saturated carbocycles. The first-order valence-electron chi connectivity index (χ1n) is 6.96. The van der Waals surface area contributed by atoms with E-state index in [0.717, 1.165) is 32.2 Å². The van der Waals surface area contributed by atoms with Crippen LogP contribution < -0.4 is 5.73 Å². The van der Waals surface area contributed by atoms with Crippen molar-refractivity contribution in [2.45, 2.75) is 52.5 Å². The van der Waals surface area contributed by atoms with Crippen LogP contribution >= 0.6 is 0 Å². The Labute approximate surface area is 106 Å². The smallest absolute Gasteiger partial charge is 0.225 e. The lowest BCUT2D eigenvalue weighted by molar-refractivity contribution is -0.137. The largest absolute Gasteiger partial charge is 0.345 e. The summed E-state index contributed by atoms with van der Waals surface area (Å²) in [6, 6.07) is 0.300. The van der Waals surface area contributed by atoms with Gasteiger partial charge in [0, 0.05) is 25.6 Å². The number of amides is 1. The molecule has 100 valence electrons. The zero-order chi connectivity index (χ0) is 13.0. The highest BCUT2D eigenvalue weighted by molar-refractivity contribution is 5.79. The average molecular weight is 240 g/mol. The minimum Gasteiger partial charge on any atom is -0.345 e. The first-order chi connectivity index (χ1) is 7.95. The number of carbonyl (C=O) groups excluding carboxylic acids is 1. The molecule has 0 bridgehead atoms. The molecule has 1 aliphatic carbocycles. The van der Waals surface area contributed by atoms with Gasteiger partial charge in [0.15, 0.2) is 0 Å². The zero-order valence-corrected chi connectivity index (χ0v) is 11.8. The minimum atomic E-state index is 0.198. The Bertz CT molecular complexity index is 255. The van der Waals surface area contributed by atoms with Crippen molar-refractivity contribution in [3.05, 3.63) is 0 Å². The predicted octanol–water partition coefficient (Wildman–Crippen LogP) is 2.25. The third kappa shape index (κ3) is 3.98. The van der Waals surface area contributed by atoms with Gasteiger partial charge >= 0.3 is 0 Å². The van der Waals surface area contributed by atoms with Crippen LogP contribution in [0.4, 0.5) is 0 Å². The standard InChI is InChI=1S/C14H28N2O/c1-5-10(2)9-16(4)14(17)13-7-6-12(15)8-11(13)3/h10-13H,5-9,15H2,1-4H3. The molecule has 4 unspecified atom stereocenters. The first-order valence-corrected chi connectivity index (χ1v) is 6.96. The summed E-state index contributed by atoms with van der Waals surface area (Å²) in [7, 11) is 1.94. The molecule has 4 atom stereocenters. The van der Waals surface area contributed by atoms with Gasteiger partial charge in [0.05, 0.1) is 0 Å². The number of rotatable bonds is 4. The summed E-state index contributed by atoms with van der Waals surface area (Å²) in [5.41, 5.74) is 5.94. The van der Waals surface area contributed by atoms with E-state index in [1.54, 1.807) is 0 Å². The number of nitrogens with zero attached hydrogens (tertiary/aromatic N) is 1. The average Bonchev–Trinajstić information content (AvgIpc) is 2.28. The molecule has 0 radical (unpaired) electrons. The maximum atomic E-state index is 12.4. The normalized spacial score (nSPS) is 31.0. The second kappa shape index (κ2) is 6.39. The van der Waals surface area contributed by atoms with E-state index < -0.39 is 0 Å². The quantitative estimate of drug-likeness (QED) is 0.819. The van der Waals surface area contributed by atoms with Crippen LogP contribution in [-0.4, -0.2) is 30.4 Å². The molecule has 3 heteroatoms. The van der Waals surface area contributed by atoms with Crippen LogP contribution in [0.15, 0.2) is 0 Å². The van der Waals surface area contributed by atoms with Gasteiger partial charge in [0.1, 0.15) is 0 Å². The third-order valence-electron chi connectivity index (χ3n) is 4.19. The fourth-order valence-corrected chi connectivity index (χ4v) is 2.77. The van der Waals surface area contributed by atoms with Crippen LogP contribution in [0.3, 0.4) is 0 Å². The Morgan fingerprint density at radius 1 is 1.47 bits per heavy atom. The zero-order valence-electron chi connectivity index (χ0n) is 11.8. The Morgan fingerprint density at radius 2 is 2.12 bits per heavy atom. The molecular formula is C14H28N2O. The van der Waals surface area contributed by atoms with E-state index in [2.05, 4.69) is 20.8 Å². The molecule has 0 saturated heterocycles. The Balaban J connectivity index is 2.51. The molecule has 17 heavy (non-hydrogen) atoms. The summed E-state index contributed by atoms with van der Waals surface area (Å²) in [4.78, 5) is 14.3. The molecule has 0 aliphatic heterocycles. The van der Waals surface area contributed by atoms with Crippen LogP contribution in [0.2, 0.25) is 0 Å². The summed E-state index contributed by atoms with van der Waals surface area (Å²) >= 11 is 0. The van der Waals surface area contributed by atoms with Crippen molar-refractivity contribution in [2.24, 2.45) is 23.5 Å². The van der Waals surface area contributed by atoms with Gasteiger partial charge in [0.2, 0.25) is 5.91 Å². The Morgan fingerprint density at radius 3 is 2.65 bits per heavy atom. The Hall–Kier alpha value is -0.570. The van der Waals surface area contributed by atoms with Crippen molar-refractivity contribution in [1.29, 1.82) is 0 Å². The highest BCUT2D eigenvalue weighted by atomic mass is 16.2. The maximum Gasteiger partial charge on any atom is 0.225 e. The predicted molar refractivity (Wildman–Crippen MR) is 71.6 cm³/mol. The van der Waals surface area contributed by atoms with Crippen molar-refractivity contribution in [3.8, 4) is 0 Å². The van der Waals surface area contributed by atoms with Crippen molar-refractivity contribution < 1.29 is 4.79 Å². The molecule has 0 aromatic rings. The van der Waals surface area contributed by atoms with Gasteiger partial charge in [-0.15, -0.1) is 0 Å². The van der Waals surface area contributed by atoms with Gasteiger partial charge in [-0.1, -0.05) is 27.2 Å². The molecular weight excluding hydrogens is 212 g/mol. The summed E-state index contributed by atoms with van der Waals surface area (Å²) < 4.78 is 0. The molecule has 1 rings (SSSR count). The van der Waals surface area contributed by atoms with Gasteiger partial charge in [-0.25, -0.2) is 0 Å². The fraction of sp³-hybridized carbons (Fsp3) is 0.929. The molecule has 0 aromatic carbocycles. The highest BCUT2D eigenvalue weighted by Gasteiger charge is 2.32. The molecule has 1 amide bonds. The van der Waals surface area contributed by atoms with E-state index in [1.165, 1.54) is 0 Å². The van der Waals surface area contributed by atoms with E-state index in [9.17, 15) is 4.79 Å². The fourth-order valence-electron chi connectivity index (χ4n) is 2.77. The molecule has 0 heterocycles. The second-order valence-electron chi connectivity index (χ2n) is 5.89. The van der Waals surface area contributed by atoms with E-state index >= 15 is 0 Å². The van der Waals surface area contributed by atoms with Crippen LogP contribution in [0, 0.1) is 17.8 Å². The molecule has 0 aromatic heterocycles. The lowest BCUT2D eigenvalue weighted by Gasteiger charge is -2.34. The van der Waals surface area contributed by atoms with Crippen molar-refractivity contribution in [1.82, 2.24) is 4.90 Å². The third-order valence-corrected chi connectivity index (χ3v) is 4.19. The topological polar surface area (TPSA) is 46.3 Å². The van der Waals surface area contributed by atoms with Crippen LogP contribution in [-0.2, 0) is 4.79 Å². The number of hydrogen-bond acceptors (Lipinski definition) is 2. The van der Waals surface area contributed by atoms with Crippen LogP contribution in [0.25, 0.3) is 0 Å². The summed E-state index contributed by atoms with van der Waals surface area (Å²) in [6.45, 7) is 7.42. The van der Waals surface area contributed by atoms with Gasteiger partial charge < -0.3 is 10.6 Å². The number of carbonyl (C=O) groups is 1. The van der Waals surface area contributed by atoms with E-state index in [-0.39, 0.29) is 5.92 Å². The maximum absolute atomic E-state index is 12.4. The summed E-state index contributed by atoms with van der Waals surface area (Å²) in [5, 5.41) is 0. The lowest BCUT2D eigenvalue weighted by atomic mass is 9.77. The number of nitrogens with two attached hydrogens (primary N) is 1. The minimum absolute atomic E-state index is 0.198. The molecule has 2 N–H and O–H groups in total. The summed E-state index contributed by atoms with van der Waals surface area (Å²) in [5.74, 6) is 1.55. The van der Waals surface area contributed by atoms with E-state index in [4.69, 9.17) is 5.73 Å². The SMILES string of the molecule is CCC(C)CN(C)C(=O)C1CCC(N)CC1C. The van der Waals surface area contributed by atoms with Gasteiger partial charge in [-0.2, -0.15) is 0 Å². The monoisotopic (exact) mass is 240 g/mol. The van der Waals surface area contributed by atoms with Crippen molar-refractivity contribution in [3.63, 3.8) is 0 Å². The van der Waals surface area contributed by atoms with E-state index in [1.807, 2.05) is 11.9 Å². The number of hydrogen-bond donors (Lipinski definition) is 1. The lowest BCUT2D eigenvalue weighted by Crippen LogP contribution is -2.42. The molecule has 1 fully saturated rings. The van der Waals surface area contributed by atoms with Crippen molar-refractivity contribution in [2.75, 3.05) is 13.6 Å². The van der Waals surface area contributed by atoms with Gasteiger partial charge in [-0.05, 0) is 31.1 Å². The van der Waals surface area contributed by atoms with Crippen molar-refractivity contribution >= 4 is 5.91 Å². The Kier molecular flexibility index (Phi) is 5.44. The van der Waals surface area contributed by atoms with Crippen LogP contribution in [0.1, 0.15) is 46.5 Å². The molecule has 3 nitrogen and oxygen atoms in total. The second-order valence-corrected chi connectivity index (χ2v) is 5.89. The molecule has 0 spiro atoms. The van der Waals surface area contributed by atoms with Gasteiger partial charge in [-0.3, -0.25) is 4.79 Å². The highest BCUT2D eigenvalue weighted by Crippen LogP contribution is 2.30.